The average molecular weight is 581 g/mol. The summed E-state index contributed by atoms with van der Waals surface area (Å²) < 4.78 is 39.8. The summed E-state index contributed by atoms with van der Waals surface area (Å²) in [5.74, 6) is -2.29. The molecule has 3 aromatic rings. The van der Waals surface area contributed by atoms with E-state index in [4.69, 9.17) is 5.11 Å². The van der Waals surface area contributed by atoms with Gasteiger partial charge in [-0.1, -0.05) is 18.2 Å². The van der Waals surface area contributed by atoms with Crippen molar-refractivity contribution in [1.82, 2.24) is 4.90 Å². The average Bonchev–Trinajstić information content (AvgIpc) is 3.23. The minimum absolute atomic E-state index is 0.0694. The Bertz CT molecular complexity index is 1650. The van der Waals surface area contributed by atoms with Crippen LogP contribution in [0.3, 0.4) is 0 Å². The number of nitrogens with zero attached hydrogens (tertiary/aromatic N) is 2. The molecule has 0 aliphatic carbocycles. The summed E-state index contributed by atoms with van der Waals surface area (Å²) in [6, 6.07) is 17.4. The number of carbonyl (C=O) groups is 3. The van der Waals surface area contributed by atoms with E-state index < -0.39 is 33.6 Å². The normalized spacial score (nSPS) is 13.7. The molecule has 0 fully saturated rings. The molecule has 0 saturated heterocycles. The number of likely N-dealkylation sites (N-methyl/N-ethyl adjacent to an activating group) is 1. The lowest BCUT2D eigenvalue weighted by Gasteiger charge is -2.24. The maximum Gasteiger partial charge on any atom is 0.303 e. The van der Waals surface area contributed by atoms with Crippen LogP contribution in [-0.4, -0.2) is 63.1 Å². The van der Waals surface area contributed by atoms with Gasteiger partial charge in [0.05, 0.1) is 28.9 Å². The third-order valence-electron chi connectivity index (χ3n) is 6.42. The van der Waals surface area contributed by atoms with E-state index in [9.17, 15) is 27.2 Å². The van der Waals surface area contributed by atoms with Gasteiger partial charge in [-0.05, 0) is 66.1 Å². The van der Waals surface area contributed by atoms with Crippen LogP contribution in [0.2, 0.25) is 0 Å². The highest BCUT2D eigenvalue weighted by Crippen LogP contribution is 2.38. The SMILES string of the molecule is CN(C)C(=O)CN(c1ccc(N/C(=C2\C(=O)Nc3cc(F)ccc32)c2cccc(CCC(=O)O)c2)cc1)S(C)(=O)=O. The van der Waals surface area contributed by atoms with Crippen molar-refractivity contribution in [2.75, 3.05) is 41.8 Å². The standard InChI is InChI=1S/C29H29FN4O6S/c1-33(2)25(35)17-34(41(3,39)40)22-11-9-21(10-12-22)31-28(19-6-4-5-18(15-19)7-14-26(36)37)27-23-13-8-20(30)16-24(23)32-29(27)38/h4-6,8-13,15-16,31H,7,14,17H2,1-3H3,(H,32,38)(H,36,37)/b28-27-. The first-order chi connectivity index (χ1) is 19.3. The van der Waals surface area contributed by atoms with Gasteiger partial charge >= 0.3 is 5.97 Å². The highest BCUT2D eigenvalue weighted by atomic mass is 32.2. The van der Waals surface area contributed by atoms with E-state index in [0.717, 1.165) is 16.1 Å². The van der Waals surface area contributed by atoms with Crippen LogP contribution in [-0.2, 0) is 30.8 Å². The third kappa shape index (κ3) is 6.90. The number of amides is 2. The van der Waals surface area contributed by atoms with Crippen LogP contribution in [0.1, 0.15) is 23.1 Å². The molecule has 3 aromatic carbocycles. The summed E-state index contributed by atoms with van der Waals surface area (Å²) in [5, 5.41) is 15.0. The van der Waals surface area contributed by atoms with E-state index in [0.29, 0.717) is 28.2 Å². The van der Waals surface area contributed by atoms with Crippen molar-refractivity contribution in [1.29, 1.82) is 0 Å². The highest BCUT2D eigenvalue weighted by molar-refractivity contribution is 7.92. The van der Waals surface area contributed by atoms with E-state index >= 15 is 0 Å². The summed E-state index contributed by atoms with van der Waals surface area (Å²) in [4.78, 5) is 37.8. The van der Waals surface area contributed by atoms with E-state index in [1.807, 2.05) is 0 Å². The lowest BCUT2D eigenvalue weighted by Crippen LogP contribution is -2.39. The largest absolute Gasteiger partial charge is 0.481 e. The monoisotopic (exact) mass is 580 g/mol. The highest BCUT2D eigenvalue weighted by Gasteiger charge is 2.29. The number of hydrogen-bond donors (Lipinski definition) is 3. The first kappa shape index (κ1) is 29.3. The minimum Gasteiger partial charge on any atom is -0.481 e. The fourth-order valence-electron chi connectivity index (χ4n) is 4.33. The molecular formula is C29H29FN4O6S. The van der Waals surface area contributed by atoms with Crippen molar-refractivity contribution in [2.45, 2.75) is 12.8 Å². The Balaban J connectivity index is 1.76. The maximum atomic E-state index is 13.9. The second kappa shape index (κ2) is 11.8. The topological polar surface area (TPSA) is 136 Å². The smallest absolute Gasteiger partial charge is 0.303 e. The zero-order chi connectivity index (χ0) is 29.9. The summed E-state index contributed by atoms with van der Waals surface area (Å²) in [6.07, 6.45) is 1.22. The molecular weight excluding hydrogens is 551 g/mol. The Morgan fingerprint density at radius 3 is 2.37 bits per heavy atom. The number of fused-ring (bicyclic) bond motifs is 1. The second-order valence-corrected chi connectivity index (χ2v) is 11.6. The minimum atomic E-state index is -3.77. The molecule has 0 bridgehead atoms. The number of anilines is 3. The van der Waals surface area contributed by atoms with Gasteiger partial charge in [0.15, 0.2) is 0 Å². The van der Waals surface area contributed by atoms with Crippen LogP contribution in [0.5, 0.6) is 0 Å². The van der Waals surface area contributed by atoms with Gasteiger partial charge in [0.2, 0.25) is 15.9 Å². The quantitative estimate of drug-likeness (QED) is 0.312. The predicted octanol–water partition coefficient (Wildman–Crippen LogP) is 3.63. The van der Waals surface area contributed by atoms with Gasteiger partial charge in [-0.2, -0.15) is 0 Å². The van der Waals surface area contributed by atoms with Crippen LogP contribution < -0.4 is 14.9 Å². The molecule has 0 atom stereocenters. The number of halogens is 1. The van der Waals surface area contributed by atoms with Crippen molar-refractivity contribution in [3.8, 4) is 0 Å². The van der Waals surface area contributed by atoms with Crippen LogP contribution in [0.4, 0.5) is 21.5 Å². The fraction of sp³-hybridized carbons (Fsp3) is 0.207. The molecule has 10 nitrogen and oxygen atoms in total. The summed E-state index contributed by atoms with van der Waals surface area (Å²) in [5.41, 5.74) is 3.56. The van der Waals surface area contributed by atoms with E-state index in [-0.39, 0.29) is 30.6 Å². The maximum absolute atomic E-state index is 13.9. The van der Waals surface area contributed by atoms with Crippen LogP contribution in [0.25, 0.3) is 11.3 Å². The molecule has 1 heterocycles. The Morgan fingerprint density at radius 2 is 1.73 bits per heavy atom. The lowest BCUT2D eigenvalue weighted by atomic mass is 9.97. The molecule has 0 radical (unpaired) electrons. The number of nitrogens with one attached hydrogen (secondary N) is 2. The summed E-state index contributed by atoms with van der Waals surface area (Å²) >= 11 is 0. The van der Waals surface area contributed by atoms with Crippen LogP contribution >= 0.6 is 0 Å². The van der Waals surface area contributed by atoms with Crippen molar-refractivity contribution in [3.63, 3.8) is 0 Å². The third-order valence-corrected chi connectivity index (χ3v) is 7.56. The zero-order valence-electron chi connectivity index (χ0n) is 22.6. The van der Waals surface area contributed by atoms with E-state index in [1.54, 1.807) is 36.4 Å². The summed E-state index contributed by atoms with van der Waals surface area (Å²) in [6.45, 7) is -0.370. The molecule has 214 valence electrons. The molecule has 41 heavy (non-hydrogen) atoms. The van der Waals surface area contributed by atoms with Crippen molar-refractivity contribution in [3.05, 3.63) is 89.2 Å². The zero-order valence-corrected chi connectivity index (χ0v) is 23.5. The molecule has 1 aliphatic heterocycles. The van der Waals surface area contributed by atoms with Crippen molar-refractivity contribution in [2.24, 2.45) is 0 Å². The van der Waals surface area contributed by atoms with E-state index in [2.05, 4.69) is 10.6 Å². The molecule has 4 rings (SSSR count). The predicted molar refractivity (Wildman–Crippen MR) is 155 cm³/mol. The number of carboxylic acid groups (broad SMARTS) is 1. The first-order valence-corrected chi connectivity index (χ1v) is 14.4. The second-order valence-electron chi connectivity index (χ2n) is 9.72. The molecule has 1 aliphatic rings. The number of aryl methyl sites for hydroxylation is 1. The fourth-order valence-corrected chi connectivity index (χ4v) is 5.18. The molecule has 0 unspecified atom stereocenters. The Labute approximate surface area is 237 Å². The number of hydrogen-bond acceptors (Lipinski definition) is 6. The van der Waals surface area contributed by atoms with Gasteiger partial charge in [-0.15, -0.1) is 0 Å². The number of aliphatic carboxylic acids is 1. The lowest BCUT2D eigenvalue weighted by molar-refractivity contribution is -0.137. The number of carboxylic acids is 1. The van der Waals surface area contributed by atoms with Gasteiger partial charge in [-0.3, -0.25) is 18.7 Å². The van der Waals surface area contributed by atoms with Crippen molar-refractivity contribution < 1.29 is 32.3 Å². The van der Waals surface area contributed by atoms with Gasteiger partial charge < -0.3 is 20.6 Å². The number of carbonyl (C=O) groups excluding carboxylic acids is 2. The Morgan fingerprint density at radius 1 is 1.02 bits per heavy atom. The Hall–Kier alpha value is -4.71. The van der Waals surface area contributed by atoms with Crippen molar-refractivity contribution >= 4 is 56.1 Å². The van der Waals surface area contributed by atoms with Crippen LogP contribution in [0.15, 0.2) is 66.7 Å². The van der Waals surface area contributed by atoms with Crippen LogP contribution in [0, 0.1) is 5.82 Å². The van der Waals surface area contributed by atoms with Gasteiger partial charge in [0, 0.05) is 31.8 Å². The molecule has 12 heteroatoms. The molecule has 0 aromatic heterocycles. The molecule has 0 saturated carbocycles. The van der Waals surface area contributed by atoms with Gasteiger partial charge in [-0.25, -0.2) is 12.8 Å². The molecule has 3 N–H and O–H groups in total. The number of benzene rings is 3. The van der Waals surface area contributed by atoms with E-state index in [1.165, 1.54) is 49.3 Å². The first-order valence-electron chi connectivity index (χ1n) is 12.5. The molecule has 2 amide bonds. The number of sulfonamides is 1. The van der Waals surface area contributed by atoms with Gasteiger partial charge in [0.25, 0.3) is 5.91 Å². The Kier molecular flexibility index (Phi) is 8.43. The number of rotatable bonds is 10. The molecule has 0 spiro atoms. The van der Waals surface area contributed by atoms with Gasteiger partial charge in [0.1, 0.15) is 12.4 Å². The summed E-state index contributed by atoms with van der Waals surface area (Å²) in [7, 11) is -0.699.